The van der Waals surface area contributed by atoms with Crippen molar-refractivity contribution in [3.05, 3.63) is 18.7 Å². The normalized spacial score (nSPS) is 20.9. The Morgan fingerprint density at radius 3 is 2.70 bits per heavy atom. The Bertz CT molecular complexity index is 674. The largest absolute Gasteiger partial charge is 0.444 e. The number of nitrogens with zero attached hydrogens (tertiary/aromatic N) is 5. The first-order valence-electron chi connectivity index (χ1n) is 10.5. The van der Waals surface area contributed by atoms with Gasteiger partial charge in [0.25, 0.3) is 0 Å². The molecule has 0 bridgehead atoms. The molecule has 1 aliphatic rings. The van der Waals surface area contributed by atoms with E-state index in [9.17, 15) is 4.79 Å². The number of aliphatic imine (C=N–C) groups is 1. The fourth-order valence-corrected chi connectivity index (χ4v) is 3.64. The van der Waals surface area contributed by atoms with Crippen LogP contribution in [0.5, 0.6) is 0 Å². The van der Waals surface area contributed by atoms with Gasteiger partial charge in [-0.25, -0.2) is 9.78 Å². The molecule has 30 heavy (non-hydrogen) atoms. The molecule has 172 valence electrons. The summed E-state index contributed by atoms with van der Waals surface area (Å²) >= 11 is 0. The van der Waals surface area contributed by atoms with E-state index in [1.54, 1.807) is 11.9 Å². The summed E-state index contributed by atoms with van der Waals surface area (Å²) in [4.78, 5) is 24.8. The average Bonchev–Trinajstić information content (AvgIpc) is 3.16. The molecule has 9 heteroatoms. The molecule has 8 nitrogen and oxygen atoms in total. The van der Waals surface area contributed by atoms with Crippen molar-refractivity contribution >= 4 is 36.0 Å². The van der Waals surface area contributed by atoms with Crippen molar-refractivity contribution in [2.24, 2.45) is 16.8 Å². The highest BCUT2D eigenvalue weighted by atomic mass is 127. The lowest BCUT2D eigenvalue weighted by molar-refractivity contribution is 0.0277. The van der Waals surface area contributed by atoms with Gasteiger partial charge < -0.3 is 24.4 Å². The van der Waals surface area contributed by atoms with Crippen LogP contribution in [-0.2, 0) is 4.74 Å². The second kappa shape index (κ2) is 11.8. The topological polar surface area (TPSA) is 75.0 Å². The van der Waals surface area contributed by atoms with Crippen molar-refractivity contribution in [1.29, 1.82) is 0 Å². The first-order valence-corrected chi connectivity index (χ1v) is 10.5. The number of imidazole rings is 1. The van der Waals surface area contributed by atoms with Crippen molar-refractivity contribution < 1.29 is 9.53 Å². The molecule has 3 atom stereocenters. The zero-order valence-corrected chi connectivity index (χ0v) is 21.8. The first-order chi connectivity index (χ1) is 13.6. The highest BCUT2D eigenvalue weighted by Gasteiger charge is 2.29. The summed E-state index contributed by atoms with van der Waals surface area (Å²) in [6, 6.07) is 0.389. The van der Waals surface area contributed by atoms with E-state index in [1.165, 1.54) is 0 Å². The highest BCUT2D eigenvalue weighted by molar-refractivity contribution is 14.0. The van der Waals surface area contributed by atoms with E-state index >= 15 is 0 Å². The van der Waals surface area contributed by atoms with Crippen LogP contribution in [0.4, 0.5) is 4.79 Å². The number of amides is 1. The van der Waals surface area contributed by atoms with E-state index < -0.39 is 5.60 Å². The van der Waals surface area contributed by atoms with Crippen molar-refractivity contribution in [1.82, 2.24) is 24.7 Å². The molecule has 0 aliphatic carbocycles. The molecule has 1 aromatic rings. The molecule has 0 spiro atoms. The lowest BCUT2D eigenvalue weighted by Gasteiger charge is -2.39. The number of hydrogen-bond donors (Lipinski definition) is 1. The average molecular weight is 534 g/mol. The van der Waals surface area contributed by atoms with Gasteiger partial charge in [-0.3, -0.25) is 4.99 Å². The number of likely N-dealkylation sites (tertiary alicyclic amines) is 1. The molecule has 1 saturated heterocycles. The Morgan fingerprint density at radius 2 is 2.13 bits per heavy atom. The fourth-order valence-electron chi connectivity index (χ4n) is 3.64. The quantitative estimate of drug-likeness (QED) is 0.356. The maximum Gasteiger partial charge on any atom is 0.410 e. The number of guanidine groups is 1. The van der Waals surface area contributed by atoms with E-state index in [2.05, 4.69) is 38.6 Å². The molecule has 1 aromatic heterocycles. The van der Waals surface area contributed by atoms with Crippen LogP contribution in [0.1, 0.15) is 47.1 Å². The van der Waals surface area contributed by atoms with Gasteiger partial charge in [-0.1, -0.05) is 13.8 Å². The number of carbonyl (C=O) groups excluding carboxylic acids is 1. The summed E-state index contributed by atoms with van der Waals surface area (Å²) in [6.45, 7) is 13.3. The van der Waals surface area contributed by atoms with E-state index in [-0.39, 0.29) is 36.0 Å². The third-order valence-corrected chi connectivity index (χ3v) is 5.24. The summed E-state index contributed by atoms with van der Waals surface area (Å²) in [5.74, 6) is 1.77. The number of hydrogen-bond acceptors (Lipinski definition) is 4. The monoisotopic (exact) mass is 534 g/mol. The van der Waals surface area contributed by atoms with Crippen LogP contribution in [0.2, 0.25) is 0 Å². The molecule has 1 fully saturated rings. The molecule has 3 unspecified atom stereocenters. The second-order valence-electron chi connectivity index (χ2n) is 9.18. The fraction of sp³-hybridized carbons (Fsp3) is 0.762. The number of nitrogens with one attached hydrogen (secondary N) is 1. The molecule has 2 rings (SSSR count). The molecule has 0 radical (unpaired) electrons. The summed E-state index contributed by atoms with van der Waals surface area (Å²) in [5.41, 5.74) is -0.480. The Balaban J connectivity index is 0.00000450. The van der Waals surface area contributed by atoms with Gasteiger partial charge in [0.2, 0.25) is 0 Å². The van der Waals surface area contributed by atoms with Crippen molar-refractivity contribution in [3.8, 4) is 0 Å². The van der Waals surface area contributed by atoms with Crippen LogP contribution >= 0.6 is 24.0 Å². The molecular weight excluding hydrogens is 495 g/mol. The summed E-state index contributed by atoms with van der Waals surface area (Å²) in [6.07, 6.45) is 6.59. The van der Waals surface area contributed by atoms with Crippen LogP contribution in [0.15, 0.2) is 23.7 Å². The molecular formula is C21H39IN6O2. The Labute approximate surface area is 198 Å². The van der Waals surface area contributed by atoms with Crippen LogP contribution in [-0.4, -0.2) is 77.3 Å². The SMILES string of the molecule is CN=C(NCC(C)CN(C)C(=O)OC(C)(C)C)N1CCC(C)C(n2ccnc2)C1.I. The Hall–Kier alpha value is -1.52. The van der Waals surface area contributed by atoms with Crippen molar-refractivity contribution in [2.75, 3.05) is 40.3 Å². The van der Waals surface area contributed by atoms with Crippen LogP contribution < -0.4 is 5.32 Å². The lowest BCUT2D eigenvalue weighted by Crippen LogP contribution is -2.50. The zero-order chi connectivity index (χ0) is 21.6. The van der Waals surface area contributed by atoms with E-state index in [0.717, 1.165) is 32.0 Å². The number of halogens is 1. The van der Waals surface area contributed by atoms with Gasteiger partial charge in [-0.05, 0) is 39.0 Å². The number of piperidine rings is 1. The third-order valence-electron chi connectivity index (χ3n) is 5.24. The van der Waals surface area contributed by atoms with Crippen LogP contribution in [0, 0.1) is 11.8 Å². The van der Waals surface area contributed by atoms with E-state index in [0.29, 0.717) is 18.5 Å². The van der Waals surface area contributed by atoms with Crippen LogP contribution in [0.3, 0.4) is 0 Å². The van der Waals surface area contributed by atoms with Gasteiger partial charge in [-0.15, -0.1) is 24.0 Å². The van der Waals surface area contributed by atoms with Gasteiger partial charge in [0.15, 0.2) is 5.96 Å². The van der Waals surface area contributed by atoms with Crippen molar-refractivity contribution in [3.63, 3.8) is 0 Å². The molecule has 2 heterocycles. The summed E-state index contributed by atoms with van der Waals surface area (Å²) in [5, 5.41) is 3.48. The molecule has 0 saturated carbocycles. The first kappa shape index (κ1) is 26.5. The molecule has 1 aliphatic heterocycles. The minimum atomic E-state index is -0.480. The van der Waals surface area contributed by atoms with Gasteiger partial charge in [0.1, 0.15) is 5.60 Å². The minimum Gasteiger partial charge on any atom is -0.444 e. The zero-order valence-electron chi connectivity index (χ0n) is 19.5. The van der Waals surface area contributed by atoms with Crippen LogP contribution in [0.25, 0.3) is 0 Å². The van der Waals surface area contributed by atoms with Gasteiger partial charge >= 0.3 is 6.09 Å². The molecule has 1 amide bonds. The second-order valence-corrected chi connectivity index (χ2v) is 9.18. The third kappa shape index (κ3) is 7.96. The summed E-state index contributed by atoms with van der Waals surface area (Å²) < 4.78 is 7.62. The molecule has 1 N–H and O–H groups in total. The highest BCUT2D eigenvalue weighted by Crippen LogP contribution is 2.27. The van der Waals surface area contributed by atoms with Gasteiger partial charge in [0, 0.05) is 52.7 Å². The smallest absolute Gasteiger partial charge is 0.410 e. The Kier molecular flexibility index (Phi) is 10.4. The predicted octanol–water partition coefficient (Wildman–Crippen LogP) is 3.46. The summed E-state index contributed by atoms with van der Waals surface area (Å²) in [7, 11) is 3.60. The maximum absolute atomic E-state index is 12.2. The van der Waals surface area contributed by atoms with Gasteiger partial charge in [0.05, 0.1) is 12.4 Å². The predicted molar refractivity (Wildman–Crippen MR) is 131 cm³/mol. The van der Waals surface area contributed by atoms with Gasteiger partial charge in [-0.2, -0.15) is 0 Å². The Morgan fingerprint density at radius 1 is 1.43 bits per heavy atom. The minimum absolute atomic E-state index is 0. The van der Waals surface area contributed by atoms with E-state index in [4.69, 9.17) is 4.74 Å². The van der Waals surface area contributed by atoms with E-state index in [1.807, 2.05) is 46.5 Å². The maximum atomic E-state index is 12.2. The lowest BCUT2D eigenvalue weighted by atomic mass is 9.93. The van der Waals surface area contributed by atoms with Crippen molar-refractivity contribution in [2.45, 2.75) is 52.7 Å². The number of rotatable bonds is 5. The number of carbonyl (C=O) groups is 1. The number of ether oxygens (including phenoxy) is 1. The standard InChI is InChI=1S/C21H38N6O2.HI/c1-16(13-25(7)20(28)29-21(3,4)5)12-24-19(22-6)26-10-8-17(2)18(14-26)27-11-9-23-15-27;/h9,11,15-18H,8,10,12-14H2,1-7H3,(H,22,24);1H. The number of aromatic nitrogens is 2. The molecule has 0 aromatic carbocycles.